The standard InChI is InChI=1S/C25H31F3N2O3/c1-17-7-6-8-20(29-17)32-21(18-9-11-19(12-10-18)25(26,27)28)24(5)13-15-30(16-14-24)22(31)33-23(2,3)4/h6-12,21H,13-16H2,1-5H3. The van der Waals surface area contributed by atoms with Crippen molar-refractivity contribution in [3.8, 4) is 5.88 Å². The Morgan fingerprint density at radius 3 is 2.18 bits per heavy atom. The molecule has 1 aliphatic heterocycles. The highest BCUT2D eigenvalue weighted by molar-refractivity contribution is 5.68. The summed E-state index contributed by atoms with van der Waals surface area (Å²) in [5, 5.41) is 0. The lowest BCUT2D eigenvalue weighted by molar-refractivity contribution is -0.137. The van der Waals surface area contributed by atoms with Crippen molar-refractivity contribution >= 4 is 6.09 Å². The number of piperidine rings is 1. The number of carbonyl (C=O) groups excluding carboxylic acids is 1. The number of hydrogen-bond acceptors (Lipinski definition) is 4. The molecule has 0 N–H and O–H groups in total. The van der Waals surface area contributed by atoms with Gasteiger partial charge in [0.2, 0.25) is 5.88 Å². The molecule has 3 rings (SSSR count). The number of likely N-dealkylation sites (tertiary alicyclic amines) is 1. The Hall–Kier alpha value is -2.77. The van der Waals surface area contributed by atoms with Gasteiger partial charge in [0.1, 0.15) is 11.7 Å². The normalized spacial score (nSPS) is 17.4. The maximum absolute atomic E-state index is 13.1. The van der Waals surface area contributed by atoms with Crippen molar-refractivity contribution in [1.82, 2.24) is 9.88 Å². The van der Waals surface area contributed by atoms with Crippen LogP contribution in [0.1, 0.15) is 63.5 Å². The molecular formula is C25H31F3N2O3. The Morgan fingerprint density at radius 2 is 1.67 bits per heavy atom. The van der Waals surface area contributed by atoms with Gasteiger partial charge in [0.05, 0.1) is 5.56 Å². The third-order valence-corrected chi connectivity index (χ3v) is 5.83. The lowest BCUT2D eigenvalue weighted by Gasteiger charge is -2.44. The SMILES string of the molecule is Cc1cccc(OC(c2ccc(C(F)(F)F)cc2)C2(C)CCN(C(=O)OC(C)(C)C)CC2)n1. The molecule has 33 heavy (non-hydrogen) atoms. The first-order valence-corrected chi connectivity index (χ1v) is 11.0. The van der Waals surface area contributed by atoms with E-state index in [1.165, 1.54) is 12.1 Å². The van der Waals surface area contributed by atoms with Gasteiger partial charge in [-0.2, -0.15) is 13.2 Å². The van der Waals surface area contributed by atoms with Gasteiger partial charge in [0.25, 0.3) is 0 Å². The van der Waals surface area contributed by atoms with E-state index in [1.807, 2.05) is 46.8 Å². The molecule has 0 spiro atoms. The summed E-state index contributed by atoms with van der Waals surface area (Å²) in [5.41, 5.74) is -0.295. The van der Waals surface area contributed by atoms with E-state index < -0.39 is 28.9 Å². The molecule has 0 aliphatic carbocycles. The first kappa shape index (κ1) is 24.9. The summed E-state index contributed by atoms with van der Waals surface area (Å²) in [7, 11) is 0. The zero-order chi connectivity index (χ0) is 24.4. The number of amides is 1. The summed E-state index contributed by atoms with van der Waals surface area (Å²) in [6.45, 7) is 10.3. The van der Waals surface area contributed by atoms with E-state index in [9.17, 15) is 18.0 Å². The van der Waals surface area contributed by atoms with Crippen molar-refractivity contribution in [2.75, 3.05) is 13.1 Å². The molecule has 1 aromatic heterocycles. The number of carbonyl (C=O) groups is 1. The minimum absolute atomic E-state index is 0.364. The summed E-state index contributed by atoms with van der Waals surface area (Å²) >= 11 is 0. The van der Waals surface area contributed by atoms with Crippen LogP contribution in [-0.4, -0.2) is 34.7 Å². The molecule has 1 aromatic carbocycles. The van der Waals surface area contributed by atoms with E-state index in [1.54, 1.807) is 11.0 Å². The second kappa shape index (κ2) is 9.23. The number of benzene rings is 1. The molecule has 8 heteroatoms. The quantitative estimate of drug-likeness (QED) is 0.514. The van der Waals surface area contributed by atoms with Crippen LogP contribution in [0.4, 0.5) is 18.0 Å². The smallest absolute Gasteiger partial charge is 0.416 e. The van der Waals surface area contributed by atoms with Gasteiger partial charge in [-0.15, -0.1) is 0 Å². The van der Waals surface area contributed by atoms with E-state index in [4.69, 9.17) is 9.47 Å². The molecule has 2 heterocycles. The highest BCUT2D eigenvalue weighted by atomic mass is 19.4. The molecule has 1 amide bonds. The minimum atomic E-state index is -4.41. The minimum Gasteiger partial charge on any atom is -0.469 e. The number of rotatable bonds is 4. The van der Waals surface area contributed by atoms with Gasteiger partial charge in [0.15, 0.2) is 0 Å². The fourth-order valence-electron chi connectivity index (χ4n) is 3.95. The highest BCUT2D eigenvalue weighted by Gasteiger charge is 2.42. The average molecular weight is 465 g/mol. The van der Waals surface area contributed by atoms with Crippen LogP contribution in [-0.2, 0) is 10.9 Å². The lowest BCUT2D eigenvalue weighted by Crippen LogP contribution is -2.47. The summed E-state index contributed by atoms with van der Waals surface area (Å²) in [6, 6.07) is 10.5. The van der Waals surface area contributed by atoms with Crippen LogP contribution >= 0.6 is 0 Å². The van der Waals surface area contributed by atoms with Crippen molar-refractivity contribution in [2.24, 2.45) is 5.41 Å². The van der Waals surface area contributed by atoms with Gasteiger partial charge < -0.3 is 14.4 Å². The van der Waals surface area contributed by atoms with E-state index in [0.717, 1.165) is 17.8 Å². The van der Waals surface area contributed by atoms with Crippen molar-refractivity contribution in [3.05, 3.63) is 59.3 Å². The van der Waals surface area contributed by atoms with Gasteiger partial charge in [-0.1, -0.05) is 25.1 Å². The van der Waals surface area contributed by atoms with Crippen LogP contribution in [0.2, 0.25) is 0 Å². The Morgan fingerprint density at radius 1 is 1.06 bits per heavy atom. The first-order chi connectivity index (χ1) is 15.3. The van der Waals surface area contributed by atoms with Crippen LogP contribution in [0.5, 0.6) is 5.88 Å². The molecule has 2 aromatic rings. The topological polar surface area (TPSA) is 51.7 Å². The number of nitrogens with zero attached hydrogens (tertiary/aromatic N) is 2. The third-order valence-electron chi connectivity index (χ3n) is 5.83. The Bertz CT molecular complexity index is 960. The number of halogens is 3. The van der Waals surface area contributed by atoms with Gasteiger partial charge in [-0.05, 0) is 64.3 Å². The number of hydrogen-bond donors (Lipinski definition) is 0. The summed E-state index contributed by atoms with van der Waals surface area (Å²) in [5.74, 6) is 0.413. The first-order valence-electron chi connectivity index (χ1n) is 11.0. The molecule has 1 unspecified atom stereocenters. The Labute approximate surface area is 192 Å². The zero-order valence-corrected chi connectivity index (χ0v) is 19.7. The largest absolute Gasteiger partial charge is 0.469 e. The summed E-state index contributed by atoms with van der Waals surface area (Å²) in [4.78, 5) is 18.6. The molecule has 1 saturated heterocycles. The molecule has 1 atom stereocenters. The van der Waals surface area contributed by atoms with Crippen LogP contribution in [0.15, 0.2) is 42.5 Å². The fraction of sp³-hybridized carbons (Fsp3) is 0.520. The van der Waals surface area contributed by atoms with E-state index >= 15 is 0 Å². The average Bonchev–Trinajstić information content (AvgIpc) is 2.71. The van der Waals surface area contributed by atoms with E-state index in [-0.39, 0.29) is 6.09 Å². The van der Waals surface area contributed by atoms with E-state index in [2.05, 4.69) is 4.98 Å². The molecule has 0 radical (unpaired) electrons. The molecule has 5 nitrogen and oxygen atoms in total. The summed E-state index contributed by atoms with van der Waals surface area (Å²) in [6.07, 6.45) is -4.10. The van der Waals surface area contributed by atoms with Crippen LogP contribution in [0.3, 0.4) is 0 Å². The van der Waals surface area contributed by atoms with Gasteiger partial charge in [0, 0.05) is 30.3 Å². The highest BCUT2D eigenvalue weighted by Crippen LogP contribution is 2.45. The molecule has 0 saturated carbocycles. The number of pyridine rings is 1. The van der Waals surface area contributed by atoms with Crippen molar-refractivity contribution in [2.45, 2.75) is 65.3 Å². The number of aromatic nitrogens is 1. The molecular weight excluding hydrogens is 433 g/mol. The van der Waals surface area contributed by atoms with Gasteiger partial charge >= 0.3 is 12.3 Å². The number of alkyl halides is 3. The maximum atomic E-state index is 13.1. The fourth-order valence-corrected chi connectivity index (χ4v) is 3.95. The van der Waals surface area contributed by atoms with Crippen molar-refractivity contribution < 1.29 is 27.4 Å². The predicted octanol–water partition coefficient (Wildman–Crippen LogP) is 6.57. The number of ether oxygens (including phenoxy) is 2. The van der Waals surface area contributed by atoms with Gasteiger partial charge in [-0.3, -0.25) is 0 Å². The molecule has 1 aliphatic rings. The molecule has 0 bridgehead atoms. The van der Waals surface area contributed by atoms with Crippen molar-refractivity contribution in [3.63, 3.8) is 0 Å². The molecule has 1 fully saturated rings. The van der Waals surface area contributed by atoms with Crippen LogP contribution < -0.4 is 4.74 Å². The second-order valence-corrected chi connectivity index (χ2v) is 9.86. The Balaban J connectivity index is 1.85. The molecule has 180 valence electrons. The van der Waals surface area contributed by atoms with Gasteiger partial charge in [-0.25, -0.2) is 9.78 Å². The van der Waals surface area contributed by atoms with Crippen LogP contribution in [0, 0.1) is 12.3 Å². The predicted molar refractivity (Wildman–Crippen MR) is 119 cm³/mol. The monoisotopic (exact) mass is 464 g/mol. The zero-order valence-electron chi connectivity index (χ0n) is 19.7. The maximum Gasteiger partial charge on any atom is 0.416 e. The Kier molecular flexibility index (Phi) is 6.96. The number of aryl methyl sites for hydroxylation is 1. The van der Waals surface area contributed by atoms with Crippen LogP contribution in [0.25, 0.3) is 0 Å². The third kappa shape index (κ3) is 6.39. The van der Waals surface area contributed by atoms with Crippen molar-refractivity contribution in [1.29, 1.82) is 0 Å². The van der Waals surface area contributed by atoms with E-state index in [0.29, 0.717) is 37.4 Å². The summed E-state index contributed by atoms with van der Waals surface area (Å²) < 4.78 is 51.0. The lowest BCUT2D eigenvalue weighted by atomic mass is 9.73. The second-order valence-electron chi connectivity index (χ2n) is 9.86.